The summed E-state index contributed by atoms with van der Waals surface area (Å²) >= 11 is 1.74. The zero-order chi connectivity index (χ0) is 13.0. The van der Waals surface area contributed by atoms with Crippen molar-refractivity contribution in [1.29, 1.82) is 0 Å². The number of hydrogen-bond acceptors (Lipinski definition) is 4. The average molecular weight is 272 g/mol. The smallest absolute Gasteiger partial charge is 0.239 e. The molecule has 1 spiro atoms. The Labute approximate surface area is 114 Å². The summed E-state index contributed by atoms with van der Waals surface area (Å²) in [5, 5.41) is 0. The molecule has 1 aliphatic carbocycles. The SMILES string of the molecule is CSCC[C@@H](N)C(=O)N1CCOC2(CCCC2)C1. The number of ether oxygens (including phenoxy) is 1. The van der Waals surface area contributed by atoms with Gasteiger partial charge in [0.15, 0.2) is 0 Å². The first-order valence-corrected chi connectivity index (χ1v) is 8.23. The van der Waals surface area contributed by atoms with Crippen LogP contribution in [0, 0.1) is 0 Å². The summed E-state index contributed by atoms with van der Waals surface area (Å²) in [5.41, 5.74) is 5.93. The highest BCUT2D eigenvalue weighted by molar-refractivity contribution is 7.98. The fraction of sp³-hybridized carbons (Fsp3) is 0.923. The Hall–Kier alpha value is -0.260. The highest BCUT2D eigenvalue weighted by atomic mass is 32.2. The third kappa shape index (κ3) is 3.19. The first-order chi connectivity index (χ1) is 8.67. The van der Waals surface area contributed by atoms with Gasteiger partial charge in [-0.05, 0) is 31.3 Å². The largest absolute Gasteiger partial charge is 0.371 e. The number of nitrogens with two attached hydrogens (primary N) is 1. The van der Waals surface area contributed by atoms with Gasteiger partial charge in [0.05, 0.1) is 18.2 Å². The van der Waals surface area contributed by atoms with Crippen LogP contribution in [0.3, 0.4) is 0 Å². The van der Waals surface area contributed by atoms with E-state index >= 15 is 0 Å². The monoisotopic (exact) mass is 272 g/mol. The lowest BCUT2D eigenvalue weighted by molar-refractivity contribution is -0.151. The summed E-state index contributed by atoms with van der Waals surface area (Å²) in [6, 6.07) is -0.339. The molecule has 0 aromatic rings. The Balaban J connectivity index is 1.89. The molecule has 2 fully saturated rings. The van der Waals surface area contributed by atoms with Gasteiger partial charge in [-0.2, -0.15) is 11.8 Å². The second kappa shape index (κ2) is 6.26. The van der Waals surface area contributed by atoms with Crippen LogP contribution in [-0.4, -0.2) is 54.2 Å². The molecular weight excluding hydrogens is 248 g/mol. The second-order valence-electron chi connectivity index (χ2n) is 5.39. The van der Waals surface area contributed by atoms with Gasteiger partial charge < -0.3 is 15.4 Å². The summed E-state index contributed by atoms with van der Waals surface area (Å²) in [5.74, 6) is 1.06. The van der Waals surface area contributed by atoms with Crippen molar-refractivity contribution in [3.63, 3.8) is 0 Å². The minimum Gasteiger partial charge on any atom is -0.371 e. The molecule has 1 saturated heterocycles. The Morgan fingerprint density at radius 3 is 2.89 bits per heavy atom. The molecule has 0 aromatic heterocycles. The van der Waals surface area contributed by atoms with Crippen LogP contribution in [0.25, 0.3) is 0 Å². The summed E-state index contributed by atoms with van der Waals surface area (Å²) in [4.78, 5) is 14.2. The highest BCUT2D eigenvalue weighted by Gasteiger charge is 2.41. The van der Waals surface area contributed by atoms with Gasteiger partial charge in [-0.25, -0.2) is 0 Å². The van der Waals surface area contributed by atoms with Gasteiger partial charge in [-0.3, -0.25) is 4.79 Å². The molecule has 5 heteroatoms. The van der Waals surface area contributed by atoms with E-state index in [4.69, 9.17) is 10.5 Å². The molecule has 2 rings (SSSR count). The number of rotatable bonds is 4. The standard InChI is InChI=1S/C13H24N2O2S/c1-18-9-4-11(14)12(16)15-7-8-17-13(10-15)5-2-3-6-13/h11H,2-10,14H2,1H3/t11-/m1/s1. The Morgan fingerprint density at radius 1 is 1.50 bits per heavy atom. The molecule has 1 saturated carbocycles. The van der Waals surface area contributed by atoms with Crippen molar-refractivity contribution in [2.24, 2.45) is 5.73 Å². The van der Waals surface area contributed by atoms with Crippen molar-refractivity contribution in [1.82, 2.24) is 4.90 Å². The van der Waals surface area contributed by atoms with Crippen molar-refractivity contribution in [2.45, 2.75) is 43.7 Å². The van der Waals surface area contributed by atoms with Crippen molar-refractivity contribution in [2.75, 3.05) is 31.7 Å². The lowest BCUT2D eigenvalue weighted by atomic mass is 9.99. The summed E-state index contributed by atoms with van der Waals surface area (Å²) in [7, 11) is 0. The predicted molar refractivity (Wildman–Crippen MR) is 74.7 cm³/mol. The van der Waals surface area contributed by atoms with Crippen LogP contribution in [0.5, 0.6) is 0 Å². The number of nitrogens with zero attached hydrogens (tertiary/aromatic N) is 1. The van der Waals surface area contributed by atoms with Crippen molar-refractivity contribution >= 4 is 17.7 Å². The molecule has 1 heterocycles. The quantitative estimate of drug-likeness (QED) is 0.836. The molecule has 4 nitrogen and oxygen atoms in total. The number of morpholine rings is 1. The maximum absolute atomic E-state index is 12.3. The molecule has 1 aliphatic heterocycles. The van der Waals surface area contributed by atoms with Crippen LogP contribution >= 0.6 is 11.8 Å². The maximum atomic E-state index is 12.3. The Bertz CT molecular complexity index is 293. The van der Waals surface area contributed by atoms with Crippen LogP contribution in [0.4, 0.5) is 0 Å². The van der Waals surface area contributed by atoms with Crippen LogP contribution in [0.2, 0.25) is 0 Å². The van der Waals surface area contributed by atoms with Crippen molar-refractivity contribution in [3.8, 4) is 0 Å². The van der Waals surface area contributed by atoms with Gasteiger partial charge in [-0.15, -0.1) is 0 Å². The topological polar surface area (TPSA) is 55.6 Å². The lowest BCUT2D eigenvalue weighted by Gasteiger charge is -2.41. The van der Waals surface area contributed by atoms with Gasteiger partial charge in [-0.1, -0.05) is 12.8 Å². The molecule has 104 valence electrons. The zero-order valence-electron chi connectivity index (χ0n) is 11.2. The van der Waals surface area contributed by atoms with E-state index in [9.17, 15) is 4.79 Å². The van der Waals surface area contributed by atoms with E-state index in [1.807, 2.05) is 11.2 Å². The molecule has 0 unspecified atom stereocenters. The zero-order valence-corrected chi connectivity index (χ0v) is 12.0. The van der Waals surface area contributed by atoms with Gasteiger partial charge in [0.1, 0.15) is 0 Å². The van der Waals surface area contributed by atoms with E-state index in [-0.39, 0.29) is 17.6 Å². The highest BCUT2D eigenvalue weighted by Crippen LogP contribution is 2.35. The predicted octanol–water partition coefficient (Wildman–Crippen LogP) is 1.24. The third-order valence-electron chi connectivity index (χ3n) is 4.03. The van der Waals surface area contributed by atoms with Gasteiger partial charge in [0.25, 0.3) is 0 Å². The van der Waals surface area contributed by atoms with Crippen molar-refractivity contribution in [3.05, 3.63) is 0 Å². The molecule has 18 heavy (non-hydrogen) atoms. The van der Waals surface area contributed by atoms with Crippen LogP contribution < -0.4 is 5.73 Å². The fourth-order valence-corrected chi connectivity index (χ4v) is 3.45. The van der Waals surface area contributed by atoms with E-state index in [2.05, 4.69) is 0 Å². The van der Waals surface area contributed by atoms with Gasteiger partial charge >= 0.3 is 0 Å². The first kappa shape index (κ1) is 14.2. The summed E-state index contributed by atoms with van der Waals surface area (Å²) in [6.45, 7) is 2.12. The third-order valence-corrected chi connectivity index (χ3v) is 4.67. The number of carbonyl (C=O) groups excluding carboxylic acids is 1. The molecule has 1 amide bonds. The normalized spacial score (nSPS) is 24.4. The van der Waals surface area contributed by atoms with Crippen molar-refractivity contribution < 1.29 is 9.53 Å². The lowest BCUT2D eigenvalue weighted by Crippen LogP contribution is -2.56. The molecule has 0 bridgehead atoms. The Morgan fingerprint density at radius 2 is 2.22 bits per heavy atom. The van der Waals surface area contributed by atoms with E-state index in [0.717, 1.165) is 31.6 Å². The minimum absolute atomic E-state index is 0.0485. The first-order valence-electron chi connectivity index (χ1n) is 6.84. The van der Waals surface area contributed by atoms with Crippen LogP contribution in [0.15, 0.2) is 0 Å². The number of amides is 1. The molecule has 1 atom stereocenters. The van der Waals surface area contributed by atoms with Crippen LogP contribution in [0.1, 0.15) is 32.1 Å². The fourth-order valence-electron chi connectivity index (χ4n) is 2.96. The maximum Gasteiger partial charge on any atom is 0.239 e. The molecule has 0 radical (unpaired) electrons. The van der Waals surface area contributed by atoms with E-state index < -0.39 is 0 Å². The second-order valence-corrected chi connectivity index (χ2v) is 6.37. The number of thioether (sulfide) groups is 1. The molecule has 2 aliphatic rings. The molecular formula is C13H24N2O2S. The van der Waals surface area contributed by atoms with Gasteiger partial charge in [0, 0.05) is 13.1 Å². The minimum atomic E-state index is -0.339. The van der Waals surface area contributed by atoms with E-state index in [0.29, 0.717) is 13.2 Å². The number of hydrogen-bond donors (Lipinski definition) is 1. The van der Waals surface area contributed by atoms with E-state index in [1.165, 1.54) is 12.8 Å². The summed E-state index contributed by atoms with van der Waals surface area (Å²) in [6.07, 6.45) is 7.44. The molecule has 0 aromatic carbocycles. The molecule has 2 N–H and O–H groups in total. The Kier molecular flexibility index (Phi) is 4.92. The number of carbonyl (C=O) groups is 1. The van der Waals surface area contributed by atoms with Crippen LogP contribution in [-0.2, 0) is 9.53 Å². The average Bonchev–Trinajstić information content (AvgIpc) is 2.83. The van der Waals surface area contributed by atoms with E-state index in [1.54, 1.807) is 11.8 Å². The summed E-state index contributed by atoms with van der Waals surface area (Å²) < 4.78 is 5.93. The van der Waals surface area contributed by atoms with Gasteiger partial charge in [0.2, 0.25) is 5.91 Å².